The molecule has 1 amide bonds. The van der Waals surface area contributed by atoms with Crippen LogP contribution in [0.25, 0.3) is 0 Å². The molecule has 3 rings (SSSR count). The number of halogens is 1. The first-order valence-corrected chi connectivity index (χ1v) is 10.3. The number of unbranched alkanes of at least 4 members (excludes halogenated alkanes) is 1. The lowest BCUT2D eigenvalue weighted by Gasteiger charge is -2.34. The molecule has 0 aromatic heterocycles. The predicted molar refractivity (Wildman–Crippen MR) is 103 cm³/mol. The van der Waals surface area contributed by atoms with Gasteiger partial charge in [0.2, 0.25) is 0 Å². The van der Waals surface area contributed by atoms with Crippen molar-refractivity contribution in [1.82, 2.24) is 0 Å². The molecular weight excluding hydrogens is 364 g/mol. The van der Waals surface area contributed by atoms with E-state index in [0.717, 1.165) is 37.1 Å². The van der Waals surface area contributed by atoms with Gasteiger partial charge in [0.1, 0.15) is 11.8 Å². The second kappa shape index (κ2) is 11.4. The minimum Gasteiger partial charge on any atom is -1.00 e. The van der Waals surface area contributed by atoms with Gasteiger partial charge in [-0.05, 0) is 37.8 Å². The summed E-state index contributed by atoms with van der Waals surface area (Å²) >= 11 is 0. The molecule has 0 spiro atoms. The molecule has 1 aromatic rings. The topological polar surface area (TPSA) is 52.0 Å². The molecule has 1 aromatic carbocycles. The van der Waals surface area contributed by atoms with Gasteiger partial charge in [0, 0.05) is 31.0 Å². The van der Waals surface area contributed by atoms with Crippen molar-refractivity contribution in [2.24, 2.45) is 0 Å². The minimum atomic E-state index is -0.341. The summed E-state index contributed by atoms with van der Waals surface area (Å²) in [4.78, 5) is 14.1. The first-order chi connectivity index (χ1) is 12.8. The molecule has 0 radical (unpaired) electrons. The fourth-order valence-corrected chi connectivity index (χ4v) is 4.19. The number of hydrogen-bond acceptors (Lipinski definition) is 3. The van der Waals surface area contributed by atoms with E-state index in [4.69, 9.17) is 9.47 Å². The van der Waals surface area contributed by atoms with E-state index in [1.165, 1.54) is 38.8 Å². The van der Waals surface area contributed by atoms with Gasteiger partial charge >= 0.3 is 6.09 Å². The smallest absolute Gasteiger partial charge is 0.412 e. The molecule has 1 aliphatic heterocycles. The summed E-state index contributed by atoms with van der Waals surface area (Å²) in [7, 11) is 0. The van der Waals surface area contributed by atoms with Crippen molar-refractivity contribution in [3.63, 3.8) is 0 Å². The summed E-state index contributed by atoms with van der Waals surface area (Å²) in [6.07, 6.45) is 9.01. The fraction of sp³-hybridized carbons (Fsp3) is 0.667. The number of quaternary nitrogens is 1. The Balaban J connectivity index is 0.00000261. The lowest BCUT2D eigenvalue weighted by atomic mass is 9.91. The molecule has 1 aliphatic carbocycles. The van der Waals surface area contributed by atoms with E-state index in [-0.39, 0.29) is 24.6 Å². The molecule has 0 bridgehead atoms. The number of benzene rings is 1. The maximum Gasteiger partial charge on any atom is 0.412 e. The minimum absolute atomic E-state index is 0. The second-order valence-corrected chi connectivity index (χ2v) is 7.55. The number of ether oxygens (including phenoxy) is 2. The van der Waals surface area contributed by atoms with Crippen LogP contribution in [-0.2, 0) is 4.74 Å². The van der Waals surface area contributed by atoms with Crippen molar-refractivity contribution in [1.29, 1.82) is 0 Å². The predicted octanol–water partition coefficient (Wildman–Crippen LogP) is 0.408. The van der Waals surface area contributed by atoms with Crippen molar-refractivity contribution in [2.75, 3.05) is 25.0 Å². The molecule has 1 heterocycles. The third-order valence-corrected chi connectivity index (χ3v) is 5.58. The van der Waals surface area contributed by atoms with Crippen LogP contribution in [0.15, 0.2) is 24.3 Å². The molecule has 2 atom stereocenters. The Hall–Kier alpha value is -1.46. The Morgan fingerprint density at radius 1 is 1.19 bits per heavy atom. The number of anilines is 1. The van der Waals surface area contributed by atoms with Crippen molar-refractivity contribution in [3.05, 3.63) is 24.3 Å². The fourth-order valence-electron chi connectivity index (χ4n) is 4.19. The number of carbonyl (C=O) groups is 1. The highest BCUT2D eigenvalue weighted by Gasteiger charge is 2.37. The molecule has 152 valence electrons. The van der Waals surface area contributed by atoms with Crippen LogP contribution < -0.4 is 27.4 Å². The van der Waals surface area contributed by atoms with Crippen molar-refractivity contribution in [3.8, 4) is 5.75 Å². The molecule has 5 nitrogen and oxygen atoms in total. The van der Waals surface area contributed by atoms with Gasteiger partial charge in [-0.2, -0.15) is 0 Å². The van der Waals surface area contributed by atoms with E-state index in [0.29, 0.717) is 12.6 Å². The van der Waals surface area contributed by atoms with Gasteiger partial charge in [-0.1, -0.05) is 19.4 Å². The molecule has 2 aliphatic rings. The lowest BCUT2D eigenvalue weighted by Crippen LogP contribution is -3.15. The molecule has 27 heavy (non-hydrogen) atoms. The third kappa shape index (κ3) is 6.58. The van der Waals surface area contributed by atoms with Crippen LogP contribution in [0.3, 0.4) is 0 Å². The van der Waals surface area contributed by atoms with Crippen LogP contribution in [-0.4, -0.2) is 37.9 Å². The number of rotatable bonds is 7. The van der Waals surface area contributed by atoms with Crippen molar-refractivity contribution in [2.45, 2.75) is 70.4 Å². The van der Waals surface area contributed by atoms with Crippen molar-refractivity contribution < 1.29 is 31.6 Å². The average molecular weight is 397 g/mol. The van der Waals surface area contributed by atoms with E-state index >= 15 is 0 Å². The first kappa shape index (κ1) is 21.8. The number of hydrogen-bond donors (Lipinski definition) is 2. The number of amides is 1. The number of carbonyl (C=O) groups excluding carboxylic acids is 1. The van der Waals surface area contributed by atoms with Crippen LogP contribution in [0.5, 0.6) is 5.75 Å². The Morgan fingerprint density at radius 2 is 1.96 bits per heavy atom. The second-order valence-electron chi connectivity index (χ2n) is 7.55. The van der Waals surface area contributed by atoms with Gasteiger partial charge < -0.3 is 26.8 Å². The quantitative estimate of drug-likeness (QED) is 0.656. The zero-order valence-corrected chi connectivity index (χ0v) is 17.1. The normalized spacial score (nSPS) is 22.7. The van der Waals surface area contributed by atoms with E-state index in [2.05, 4.69) is 12.2 Å². The SMILES string of the molecule is CCCCOc1cccc(NC(=O)OC2CCCCC2[NH+]2CCCC2)c1.[Cl-]. The molecule has 6 heteroatoms. The largest absolute Gasteiger partial charge is 1.00 e. The highest BCUT2D eigenvalue weighted by atomic mass is 35.5. The highest BCUT2D eigenvalue weighted by Crippen LogP contribution is 2.22. The van der Waals surface area contributed by atoms with Crippen LogP contribution in [0.2, 0.25) is 0 Å². The summed E-state index contributed by atoms with van der Waals surface area (Å²) in [5.74, 6) is 0.785. The van der Waals surface area contributed by atoms with Crippen molar-refractivity contribution >= 4 is 11.8 Å². The monoisotopic (exact) mass is 396 g/mol. The molecule has 1 saturated heterocycles. The summed E-state index contributed by atoms with van der Waals surface area (Å²) in [6, 6.07) is 8.02. The Bertz CT molecular complexity index is 578. The summed E-state index contributed by atoms with van der Waals surface area (Å²) < 4.78 is 11.6. The van der Waals surface area contributed by atoms with Gasteiger partial charge in [0.15, 0.2) is 6.10 Å². The van der Waals surface area contributed by atoms with Gasteiger partial charge in [-0.25, -0.2) is 4.79 Å². The van der Waals surface area contributed by atoms with Gasteiger partial charge in [-0.3, -0.25) is 5.32 Å². The average Bonchev–Trinajstić information content (AvgIpc) is 3.17. The lowest BCUT2D eigenvalue weighted by molar-refractivity contribution is -0.918. The summed E-state index contributed by atoms with van der Waals surface area (Å²) in [5, 5.41) is 2.88. The molecule has 1 saturated carbocycles. The van der Waals surface area contributed by atoms with Crippen LogP contribution in [0.1, 0.15) is 58.3 Å². The first-order valence-electron chi connectivity index (χ1n) is 10.3. The van der Waals surface area contributed by atoms with Gasteiger partial charge in [0.25, 0.3) is 0 Å². The maximum atomic E-state index is 12.4. The molecule has 2 fully saturated rings. The van der Waals surface area contributed by atoms with Crippen LogP contribution in [0.4, 0.5) is 10.5 Å². The highest BCUT2D eigenvalue weighted by molar-refractivity contribution is 5.85. The number of likely N-dealkylation sites (tertiary alicyclic amines) is 1. The van der Waals surface area contributed by atoms with Gasteiger partial charge in [0.05, 0.1) is 19.7 Å². The Morgan fingerprint density at radius 3 is 2.74 bits per heavy atom. The van der Waals surface area contributed by atoms with E-state index in [1.54, 1.807) is 4.90 Å². The summed E-state index contributed by atoms with van der Waals surface area (Å²) in [6.45, 7) is 5.29. The van der Waals surface area contributed by atoms with E-state index < -0.39 is 0 Å². The van der Waals surface area contributed by atoms with E-state index in [9.17, 15) is 4.79 Å². The Labute approximate surface area is 169 Å². The molecule has 2 unspecified atom stereocenters. The number of nitrogens with one attached hydrogen (secondary N) is 2. The zero-order valence-electron chi connectivity index (χ0n) is 16.3. The zero-order chi connectivity index (χ0) is 18.2. The molecular formula is C21H33ClN2O3. The third-order valence-electron chi connectivity index (χ3n) is 5.58. The maximum absolute atomic E-state index is 12.4. The van der Waals surface area contributed by atoms with E-state index in [1.807, 2.05) is 24.3 Å². The molecule has 2 N–H and O–H groups in total. The van der Waals surface area contributed by atoms with Gasteiger partial charge in [-0.15, -0.1) is 0 Å². The van der Waals surface area contributed by atoms with Crippen LogP contribution >= 0.6 is 0 Å². The summed E-state index contributed by atoms with van der Waals surface area (Å²) in [5.41, 5.74) is 0.727. The standard InChI is InChI=1S/C21H32N2O3.ClH/c1-2-3-15-25-18-10-8-9-17(16-18)22-21(24)26-20-12-5-4-11-19(20)23-13-6-7-14-23;/h8-10,16,19-20H,2-7,11-15H2,1H3,(H,22,24);1H. The Kier molecular flexibility index (Phi) is 9.22. The van der Waals surface area contributed by atoms with Crippen LogP contribution in [0, 0.1) is 0 Å².